The highest BCUT2D eigenvalue weighted by atomic mass is 32.2. The summed E-state index contributed by atoms with van der Waals surface area (Å²) in [5, 5.41) is 2.78. The Kier molecular flexibility index (Phi) is 6.28. The summed E-state index contributed by atoms with van der Waals surface area (Å²) < 4.78 is 32.9. The lowest BCUT2D eigenvalue weighted by Gasteiger charge is -2.30. The number of amidine groups is 1. The number of allylic oxidation sites excluding steroid dienone is 2. The van der Waals surface area contributed by atoms with Crippen LogP contribution in [-0.4, -0.2) is 88.1 Å². The predicted octanol–water partition coefficient (Wildman–Crippen LogP) is 0.418. The number of nitrogens with zero attached hydrogens (tertiary/aromatic N) is 4. The third-order valence-corrected chi connectivity index (χ3v) is 6.49. The van der Waals surface area contributed by atoms with Gasteiger partial charge in [-0.1, -0.05) is 0 Å². The highest BCUT2D eigenvalue weighted by molar-refractivity contribution is 7.90. The molecular formula is C21H25N5O5S. The van der Waals surface area contributed by atoms with Crippen LogP contribution in [0, 0.1) is 0 Å². The fourth-order valence-corrected chi connectivity index (χ4v) is 4.64. The van der Waals surface area contributed by atoms with E-state index in [4.69, 9.17) is 4.74 Å². The maximum atomic E-state index is 12.9. The molecule has 1 saturated heterocycles. The SMILES string of the molecule is CN(CC(=O)Nc1ccc(N2CCOCC2)cc1)C(=O)C1=CC=CN2CCS(=O)(=O)N=C12. The number of carbonyl (C=O) groups excluding carboxylic acids is 2. The summed E-state index contributed by atoms with van der Waals surface area (Å²) in [4.78, 5) is 30.5. The van der Waals surface area contributed by atoms with E-state index in [1.54, 1.807) is 17.2 Å². The summed E-state index contributed by atoms with van der Waals surface area (Å²) in [5.41, 5.74) is 1.83. The first-order valence-corrected chi connectivity index (χ1v) is 11.9. The topological polar surface area (TPSA) is 112 Å². The van der Waals surface area contributed by atoms with Crippen LogP contribution in [0.4, 0.5) is 11.4 Å². The molecule has 0 bridgehead atoms. The Balaban J connectivity index is 1.37. The zero-order valence-electron chi connectivity index (χ0n) is 17.7. The van der Waals surface area contributed by atoms with Crippen LogP contribution in [0.25, 0.3) is 0 Å². The molecule has 1 N–H and O–H groups in total. The van der Waals surface area contributed by atoms with Gasteiger partial charge in [-0.25, -0.2) is 8.42 Å². The van der Waals surface area contributed by atoms with E-state index in [1.807, 2.05) is 24.3 Å². The minimum atomic E-state index is -3.61. The molecule has 3 aliphatic rings. The van der Waals surface area contributed by atoms with Crippen LogP contribution in [0.15, 0.2) is 52.6 Å². The van der Waals surface area contributed by atoms with Gasteiger partial charge in [0.2, 0.25) is 5.91 Å². The van der Waals surface area contributed by atoms with E-state index in [0.717, 1.165) is 18.8 Å². The van der Waals surface area contributed by atoms with Gasteiger partial charge in [0.1, 0.15) is 0 Å². The van der Waals surface area contributed by atoms with Crippen LogP contribution in [0.3, 0.4) is 0 Å². The minimum Gasteiger partial charge on any atom is -0.378 e. The average Bonchev–Trinajstić information content (AvgIpc) is 2.78. The number of likely N-dealkylation sites (N-methyl/N-ethyl adjacent to an activating group) is 1. The summed E-state index contributed by atoms with van der Waals surface area (Å²) >= 11 is 0. The van der Waals surface area contributed by atoms with Crippen LogP contribution in [0.2, 0.25) is 0 Å². The quantitative estimate of drug-likeness (QED) is 0.679. The molecule has 1 fully saturated rings. The fraction of sp³-hybridized carbons (Fsp3) is 0.381. The highest BCUT2D eigenvalue weighted by Gasteiger charge is 2.31. The number of anilines is 2. The standard InChI is InChI=1S/C21H25N5O5S/c1-24(21(28)18-3-2-8-26-11-14-32(29,30)23-20(18)26)15-19(27)22-16-4-6-17(7-5-16)25-9-12-31-13-10-25/h2-8H,9-15H2,1H3,(H,22,27). The normalized spacial score (nSPS) is 19.5. The van der Waals surface area contributed by atoms with Crippen molar-refractivity contribution in [2.24, 2.45) is 4.40 Å². The fourth-order valence-electron chi connectivity index (χ4n) is 3.65. The van der Waals surface area contributed by atoms with E-state index in [-0.39, 0.29) is 36.2 Å². The molecule has 32 heavy (non-hydrogen) atoms. The Bertz CT molecular complexity index is 1090. The Morgan fingerprint density at radius 3 is 2.59 bits per heavy atom. The molecule has 2 amide bonds. The van der Waals surface area contributed by atoms with Gasteiger partial charge in [-0.2, -0.15) is 0 Å². The van der Waals surface area contributed by atoms with Crippen LogP contribution < -0.4 is 10.2 Å². The van der Waals surface area contributed by atoms with Gasteiger partial charge < -0.3 is 24.8 Å². The molecule has 0 aliphatic carbocycles. The van der Waals surface area contributed by atoms with Crippen molar-refractivity contribution in [1.82, 2.24) is 9.80 Å². The second-order valence-electron chi connectivity index (χ2n) is 7.67. The first kappa shape index (κ1) is 22.0. The second kappa shape index (κ2) is 9.13. The molecule has 3 aliphatic heterocycles. The first-order valence-electron chi connectivity index (χ1n) is 10.3. The van der Waals surface area contributed by atoms with Crippen LogP contribution in [0.1, 0.15) is 0 Å². The number of morpholine rings is 1. The van der Waals surface area contributed by atoms with E-state index < -0.39 is 15.9 Å². The molecule has 170 valence electrons. The van der Waals surface area contributed by atoms with Gasteiger partial charge in [0.15, 0.2) is 5.84 Å². The third-order valence-electron chi connectivity index (χ3n) is 5.34. The van der Waals surface area contributed by atoms with Gasteiger partial charge in [-0.3, -0.25) is 9.59 Å². The summed E-state index contributed by atoms with van der Waals surface area (Å²) in [6, 6.07) is 7.51. The van der Waals surface area contributed by atoms with E-state index in [2.05, 4.69) is 14.6 Å². The summed E-state index contributed by atoms with van der Waals surface area (Å²) in [5.74, 6) is -0.852. The van der Waals surface area contributed by atoms with Crippen molar-refractivity contribution < 1.29 is 22.7 Å². The zero-order valence-corrected chi connectivity index (χ0v) is 18.5. The van der Waals surface area contributed by atoms with Crippen molar-refractivity contribution in [3.63, 3.8) is 0 Å². The van der Waals surface area contributed by atoms with E-state index in [1.165, 1.54) is 18.0 Å². The first-order chi connectivity index (χ1) is 15.3. The van der Waals surface area contributed by atoms with Crippen LogP contribution in [-0.2, 0) is 24.3 Å². The molecular weight excluding hydrogens is 434 g/mol. The maximum absolute atomic E-state index is 12.9. The molecule has 0 spiro atoms. The highest BCUT2D eigenvalue weighted by Crippen LogP contribution is 2.20. The van der Waals surface area contributed by atoms with E-state index >= 15 is 0 Å². The molecule has 0 atom stereocenters. The summed E-state index contributed by atoms with van der Waals surface area (Å²) in [6.45, 7) is 3.09. The van der Waals surface area contributed by atoms with Gasteiger partial charge in [-0.05, 0) is 36.4 Å². The van der Waals surface area contributed by atoms with Gasteiger partial charge in [-0.15, -0.1) is 4.40 Å². The Labute approximate surface area is 186 Å². The van der Waals surface area contributed by atoms with Crippen molar-refractivity contribution in [2.75, 3.05) is 62.4 Å². The Hall–Kier alpha value is -3.18. The lowest BCUT2D eigenvalue weighted by molar-refractivity contribution is -0.129. The molecule has 0 aromatic heterocycles. The van der Waals surface area contributed by atoms with Gasteiger partial charge in [0, 0.05) is 44.3 Å². The largest absolute Gasteiger partial charge is 0.378 e. The molecule has 1 aromatic rings. The van der Waals surface area contributed by atoms with Gasteiger partial charge >= 0.3 is 0 Å². The number of rotatable bonds is 5. The molecule has 4 rings (SSSR count). The molecule has 0 radical (unpaired) electrons. The van der Waals surface area contributed by atoms with E-state index in [9.17, 15) is 18.0 Å². The Morgan fingerprint density at radius 2 is 1.88 bits per heavy atom. The monoisotopic (exact) mass is 459 g/mol. The van der Waals surface area contributed by atoms with Gasteiger partial charge in [0.05, 0.1) is 31.1 Å². The smallest absolute Gasteiger partial charge is 0.257 e. The average molecular weight is 460 g/mol. The lowest BCUT2D eigenvalue weighted by Crippen LogP contribution is -2.44. The second-order valence-corrected chi connectivity index (χ2v) is 9.43. The number of sulfonamides is 1. The van der Waals surface area contributed by atoms with Gasteiger partial charge in [0.25, 0.3) is 15.9 Å². The molecule has 0 saturated carbocycles. The maximum Gasteiger partial charge on any atom is 0.257 e. The van der Waals surface area contributed by atoms with Crippen molar-refractivity contribution in [1.29, 1.82) is 0 Å². The number of hydrogen-bond donors (Lipinski definition) is 1. The third kappa shape index (κ3) is 5.00. The predicted molar refractivity (Wildman–Crippen MR) is 121 cm³/mol. The number of hydrogen-bond acceptors (Lipinski definition) is 7. The van der Waals surface area contributed by atoms with E-state index in [0.29, 0.717) is 18.9 Å². The lowest BCUT2D eigenvalue weighted by atomic mass is 10.1. The van der Waals surface area contributed by atoms with Crippen molar-refractivity contribution in [3.05, 3.63) is 48.2 Å². The number of nitrogens with one attached hydrogen (secondary N) is 1. The molecule has 3 heterocycles. The summed E-state index contributed by atoms with van der Waals surface area (Å²) in [7, 11) is -2.12. The van der Waals surface area contributed by atoms with Crippen LogP contribution in [0.5, 0.6) is 0 Å². The Morgan fingerprint density at radius 1 is 1.16 bits per heavy atom. The van der Waals surface area contributed by atoms with Crippen molar-refractivity contribution in [2.45, 2.75) is 0 Å². The number of carbonyl (C=O) groups is 2. The van der Waals surface area contributed by atoms with Crippen molar-refractivity contribution in [3.8, 4) is 0 Å². The van der Waals surface area contributed by atoms with Crippen molar-refractivity contribution >= 4 is 39.0 Å². The number of benzene rings is 1. The number of amides is 2. The molecule has 1 aromatic carbocycles. The zero-order chi connectivity index (χ0) is 22.7. The molecule has 11 heteroatoms. The van der Waals surface area contributed by atoms with Crippen LogP contribution >= 0.6 is 0 Å². The number of fused-ring (bicyclic) bond motifs is 1. The minimum absolute atomic E-state index is 0.0923. The number of ether oxygens (including phenoxy) is 1. The summed E-state index contributed by atoms with van der Waals surface area (Å²) in [6.07, 6.45) is 4.85. The molecule has 10 nitrogen and oxygen atoms in total. The molecule has 0 unspecified atom stereocenters.